The highest BCUT2D eigenvalue weighted by Crippen LogP contribution is 2.17. The molecule has 1 atom stereocenters. The van der Waals surface area contributed by atoms with Gasteiger partial charge in [0, 0.05) is 11.8 Å². The smallest absolute Gasteiger partial charge is 0.475 e. The van der Waals surface area contributed by atoms with Crippen molar-refractivity contribution < 1.29 is 27.9 Å². The van der Waals surface area contributed by atoms with Gasteiger partial charge in [-0.15, -0.1) is 0 Å². The van der Waals surface area contributed by atoms with Crippen LogP contribution in [0.1, 0.15) is 13.8 Å². The molecule has 0 rings (SSSR count). The minimum Gasteiger partial charge on any atom is -0.475 e. The van der Waals surface area contributed by atoms with Crippen molar-refractivity contribution in [1.29, 1.82) is 0 Å². The summed E-state index contributed by atoms with van der Waals surface area (Å²) in [4.78, 5) is 20.1. The van der Waals surface area contributed by atoms with Gasteiger partial charge in [0.1, 0.15) is 6.04 Å². The molecule has 0 aliphatic rings. The number of halogens is 3. The van der Waals surface area contributed by atoms with Gasteiger partial charge in [0.25, 0.3) is 0 Å². The molecule has 0 aromatic heterocycles. The van der Waals surface area contributed by atoms with Crippen LogP contribution < -0.4 is 10.6 Å². The third-order valence-corrected chi connectivity index (χ3v) is 2.00. The minimum atomic E-state index is -5.08. The van der Waals surface area contributed by atoms with Crippen LogP contribution in [-0.4, -0.2) is 48.0 Å². The lowest BCUT2D eigenvalue weighted by Crippen LogP contribution is -2.51. The van der Waals surface area contributed by atoms with Crippen molar-refractivity contribution in [2.45, 2.75) is 30.8 Å². The zero-order chi connectivity index (χ0) is 15.1. The predicted octanol–water partition coefficient (Wildman–Crippen LogP) is 0.662. The molecule has 9 heteroatoms. The second kappa shape index (κ2) is 7.47. The molecule has 1 amide bonds. The van der Waals surface area contributed by atoms with Gasteiger partial charge in [-0.05, 0) is 20.9 Å². The fourth-order valence-corrected chi connectivity index (χ4v) is 1.20. The van der Waals surface area contributed by atoms with Gasteiger partial charge in [0.05, 0.1) is 0 Å². The molecule has 0 spiro atoms. The SMILES string of the molecule is CNC(=O)[C@@H](NC)C(C)(C)S.O=C(O)C(F)(F)F. The van der Waals surface area contributed by atoms with E-state index in [4.69, 9.17) is 9.90 Å². The summed E-state index contributed by atoms with van der Waals surface area (Å²) in [7, 11) is 3.37. The number of hydrogen-bond donors (Lipinski definition) is 4. The molecule has 5 nitrogen and oxygen atoms in total. The standard InChI is InChI=1S/C7H16N2OS.C2HF3O2/c1-7(2,11)5(8-3)6(10)9-4;3-2(4,5)1(6)7/h5,8,11H,1-4H3,(H,9,10);(H,6,7)/t5-;/m1./s1. The highest BCUT2D eigenvalue weighted by Gasteiger charge is 2.38. The summed E-state index contributed by atoms with van der Waals surface area (Å²) in [5.74, 6) is -2.79. The number of aliphatic carboxylic acids is 1. The largest absolute Gasteiger partial charge is 0.490 e. The number of rotatable bonds is 3. The molecule has 108 valence electrons. The Balaban J connectivity index is 0. The predicted molar refractivity (Wildman–Crippen MR) is 63.7 cm³/mol. The zero-order valence-corrected chi connectivity index (χ0v) is 11.3. The van der Waals surface area contributed by atoms with Gasteiger partial charge in [-0.2, -0.15) is 25.8 Å². The lowest BCUT2D eigenvalue weighted by atomic mass is 10.0. The second-order valence-corrected chi connectivity index (χ2v) is 4.95. The van der Waals surface area contributed by atoms with Crippen LogP contribution in [0.4, 0.5) is 13.2 Å². The van der Waals surface area contributed by atoms with Crippen molar-refractivity contribution in [3.63, 3.8) is 0 Å². The van der Waals surface area contributed by atoms with E-state index in [9.17, 15) is 18.0 Å². The molecule has 0 aromatic carbocycles. The first-order valence-corrected chi connectivity index (χ1v) is 5.24. The summed E-state index contributed by atoms with van der Waals surface area (Å²) in [5, 5.41) is 12.6. The Morgan fingerprint density at radius 2 is 1.56 bits per heavy atom. The van der Waals surface area contributed by atoms with Crippen LogP contribution in [0.2, 0.25) is 0 Å². The van der Waals surface area contributed by atoms with E-state index in [1.807, 2.05) is 13.8 Å². The number of likely N-dealkylation sites (N-methyl/N-ethyl adjacent to an activating group) is 2. The molecule has 0 aromatic rings. The molecule has 0 aliphatic carbocycles. The summed E-state index contributed by atoms with van der Waals surface area (Å²) >= 11 is 4.30. The maximum atomic E-state index is 11.2. The molecule has 0 aliphatic heterocycles. The molecule has 0 heterocycles. The Morgan fingerprint density at radius 3 is 1.61 bits per heavy atom. The van der Waals surface area contributed by atoms with E-state index in [-0.39, 0.29) is 16.7 Å². The van der Waals surface area contributed by atoms with Crippen LogP contribution >= 0.6 is 12.6 Å². The van der Waals surface area contributed by atoms with Gasteiger partial charge in [-0.1, -0.05) is 0 Å². The Kier molecular flexibility index (Phi) is 8.04. The Morgan fingerprint density at radius 1 is 1.22 bits per heavy atom. The molecule has 0 unspecified atom stereocenters. The molecule has 3 N–H and O–H groups in total. The molecule has 0 bridgehead atoms. The van der Waals surface area contributed by atoms with Crippen molar-refractivity contribution in [3.8, 4) is 0 Å². The molecular weight excluding hydrogens is 273 g/mol. The quantitative estimate of drug-likeness (QED) is 0.576. The number of carbonyl (C=O) groups excluding carboxylic acids is 1. The van der Waals surface area contributed by atoms with Crippen LogP contribution in [0, 0.1) is 0 Å². The summed E-state index contributed by atoms with van der Waals surface area (Å²) in [6.07, 6.45) is -5.08. The van der Waals surface area contributed by atoms with Crippen molar-refractivity contribution in [2.24, 2.45) is 0 Å². The normalized spacial score (nSPS) is 13.1. The van der Waals surface area contributed by atoms with E-state index in [1.165, 1.54) is 0 Å². The fourth-order valence-electron chi connectivity index (χ4n) is 0.949. The summed E-state index contributed by atoms with van der Waals surface area (Å²) in [6, 6.07) is -0.254. The van der Waals surface area contributed by atoms with Crippen LogP contribution in [0.15, 0.2) is 0 Å². The Hall–Kier alpha value is -0.960. The van der Waals surface area contributed by atoms with E-state index < -0.39 is 12.1 Å². The zero-order valence-electron chi connectivity index (χ0n) is 10.4. The first kappa shape index (κ1) is 19.4. The van der Waals surface area contributed by atoms with Crippen LogP contribution in [0.25, 0.3) is 0 Å². The molecule has 0 radical (unpaired) electrons. The van der Waals surface area contributed by atoms with Gasteiger partial charge in [0.2, 0.25) is 5.91 Å². The van der Waals surface area contributed by atoms with E-state index in [2.05, 4.69) is 23.3 Å². The average Bonchev–Trinajstić information content (AvgIpc) is 2.15. The van der Waals surface area contributed by atoms with Gasteiger partial charge in [-0.25, -0.2) is 4.79 Å². The number of hydrogen-bond acceptors (Lipinski definition) is 4. The van der Waals surface area contributed by atoms with Crippen molar-refractivity contribution in [2.75, 3.05) is 14.1 Å². The molecule has 18 heavy (non-hydrogen) atoms. The molecular formula is C9H17F3N2O3S. The van der Waals surface area contributed by atoms with Crippen molar-refractivity contribution >= 4 is 24.5 Å². The number of nitrogens with one attached hydrogen (secondary N) is 2. The third-order valence-electron chi connectivity index (χ3n) is 1.75. The first-order chi connectivity index (χ1) is 7.87. The van der Waals surface area contributed by atoms with Crippen LogP contribution in [0.3, 0.4) is 0 Å². The van der Waals surface area contributed by atoms with E-state index in [0.717, 1.165) is 0 Å². The minimum absolute atomic E-state index is 0.0347. The number of alkyl halides is 3. The number of amides is 1. The van der Waals surface area contributed by atoms with Gasteiger partial charge in [-0.3, -0.25) is 4.79 Å². The summed E-state index contributed by atoms with van der Waals surface area (Å²) in [6.45, 7) is 3.79. The highest BCUT2D eigenvalue weighted by atomic mass is 32.1. The number of carboxylic acids is 1. The van der Waals surface area contributed by atoms with Gasteiger partial charge < -0.3 is 15.7 Å². The topological polar surface area (TPSA) is 78.4 Å². The summed E-state index contributed by atoms with van der Waals surface area (Å²) in [5.41, 5.74) is 0. The lowest BCUT2D eigenvalue weighted by Gasteiger charge is -2.27. The Labute approximate surface area is 109 Å². The van der Waals surface area contributed by atoms with Gasteiger partial charge >= 0.3 is 12.1 Å². The van der Waals surface area contributed by atoms with E-state index in [1.54, 1.807) is 14.1 Å². The van der Waals surface area contributed by atoms with E-state index >= 15 is 0 Å². The summed E-state index contributed by atoms with van der Waals surface area (Å²) < 4.78 is 31.4. The number of thiol groups is 1. The highest BCUT2D eigenvalue weighted by molar-refractivity contribution is 7.81. The molecule has 0 saturated heterocycles. The average molecular weight is 290 g/mol. The van der Waals surface area contributed by atoms with E-state index in [0.29, 0.717) is 0 Å². The number of carbonyl (C=O) groups is 2. The molecule has 0 saturated carbocycles. The van der Waals surface area contributed by atoms with Crippen molar-refractivity contribution in [3.05, 3.63) is 0 Å². The Bertz CT molecular complexity index is 290. The number of carboxylic acid groups (broad SMARTS) is 1. The maximum absolute atomic E-state index is 11.2. The second-order valence-electron chi connectivity index (χ2n) is 3.79. The molecule has 0 fully saturated rings. The van der Waals surface area contributed by atoms with Gasteiger partial charge in [0.15, 0.2) is 0 Å². The fraction of sp³-hybridized carbons (Fsp3) is 0.778. The first-order valence-electron chi connectivity index (χ1n) is 4.79. The lowest BCUT2D eigenvalue weighted by molar-refractivity contribution is -0.192. The van der Waals surface area contributed by atoms with Crippen LogP contribution in [-0.2, 0) is 9.59 Å². The van der Waals surface area contributed by atoms with Crippen molar-refractivity contribution in [1.82, 2.24) is 10.6 Å². The third kappa shape index (κ3) is 8.18. The maximum Gasteiger partial charge on any atom is 0.490 e. The monoisotopic (exact) mass is 290 g/mol. The van der Waals surface area contributed by atoms with Crippen LogP contribution in [0.5, 0.6) is 0 Å².